The van der Waals surface area contributed by atoms with Crippen molar-refractivity contribution in [3.8, 4) is 5.75 Å². The predicted octanol–water partition coefficient (Wildman–Crippen LogP) is 5.06. The van der Waals surface area contributed by atoms with Crippen LogP contribution >= 0.6 is 11.6 Å². The average molecular weight is 354 g/mol. The Morgan fingerprint density at radius 2 is 2.08 bits per heavy atom. The van der Waals surface area contributed by atoms with Crippen LogP contribution in [0, 0.1) is 6.92 Å². The lowest BCUT2D eigenvalue weighted by atomic mass is 10.2. The molecule has 0 saturated heterocycles. The Kier molecular flexibility index (Phi) is 3.98. The number of rotatable bonds is 3. The van der Waals surface area contributed by atoms with Crippen molar-refractivity contribution in [2.45, 2.75) is 20.4 Å². The van der Waals surface area contributed by atoms with E-state index in [0.717, 1.165) is 45.6 Å². The van der Waals surface area contributed by atoms with Crippen molar-refractivity contribution in [3.63, 3.8) is 0 Å². The fourth-order valence-electron chi connectivity index (χ4n) is 2.90. The van der Waals surface area contributed by atoms with Gasteiger partial charge in [0.25, 0.3) is 5.52 Å². The van der Waals surface area contributed by atoms with Crippen molar-refractivity contribution in [2.24, 2.45) is 0 Å². The quantitative estimate of drug-likeness (QED) is 0.669. The summed E-state index contributed by atoms with van der Waals surface area (Å²) in [5, 5.41) is 3.97. The summed E-state index contributed by atoms with van der Waals surface area (Å²) in [6.07, 6.45) is 5.71. The second-order valence-corrected chi connectivity index (χ2v) is 6.27. The third-order valence-electron chi connectivity index (χ3n) is 4.18. The molecule has 25 heavy (non-hydrogen) atoms. The van der Waals surface area contributed by atoms with Crippen LogP contribution in [-0.4, -0.2) is 0 Å². The molecule has 3 aromatic rings. The molecule has 4 rings (SSSR count). The fourth-order valence-corrected chi connectivity index (χ4v) is 3.06. The van der Waals surface area contributed by atoms with E-state index in [1.807, 2.05) is 61.5 Å². The van der Waals surface area contributed by atoms with Crippen LogP contribution in [0.25, 0.3) is 17.2 Å². The van der Waals surface area contributed by atoms with E-state index in [0.29, 0.717) is 5.88 Å². The summed E-state index contributed by atoms with van der Waals surface area (Å²) < 4.78 is 13.8. The molecule has 0 unspecified atom stereocenters. The van der Waals surface area contributed by atoms with Gasteiger partial charge in [-0.2, -0.15) is 4.57 Å². The van der Waals surface area contributed by atoms with Crippen LogP contribution in [0.2, 0.25) is 5.02 Å². The first-order valence-corrected chi connectivity index (χ1v) is 8.58. The van der Waals surface area contributed by atoms with Gasteiger partial charge >= 0.3 is 5.89 Å². The van der Waals surface area contributed by atoms with E-state index >= 15 is 0 Å². The number of hydrogen-bond acceptors (Lipinski definition) is 3. The lowest BCUT2D eigenvalue weighted by Crippen LogP contribution is -2.33. The summed E-state index contributed by atoms with van der Waals surface area (Å²) in [7, 11) is 0. The van der Waals surface area contributed by atoms with Crippen LogP contribution in [0.1, 0.15) is 18.4 Å². The minimum Gasteiger partial charge on any atom is -0.439 e. The second-order valence-electron chi connectivity index (χ2n) is 5.87. The summed E-state index contributed by atoms with van der Waals surface area (Å²) >= 11 is 6.25. The van der Waals surface area contributed by atoms with Crippen LogP contribution in [0.4, 0.5) is 5.69 Å². The normalized spacial score (nSPS) is 14.9. The number of hydrogen-bond donors (Lipinski definition) is 1. The zero-order valence-electron chi connectivity index (χ0n) is 14.0. The highest BCUT2D eigenvalue weighted by molar-refractivity contribution is 6.31. The molecule has 0 bridgehead atoms. The maximum Gasteiger partial charge on any atom is 0.374 e. The van der Waals surface area contributed by atoms with Crippen molar-refractivity contribution < 1.29 is 13.7 Å². The fraction of sp³-hybridized carbons (Fsp3) is 0.150. The van der Waals surface area contributed by atoms with Gasteiger partial charge in [0.15, 0.2) is 11.6 Å². The molecule has 0 radical (unpaired) electrons. The molecule has 2 aromatic carbocycles. The molecule has 0 atom stereocenters. The first-order valence-electron chi connectivity index (χ1n) is 8.20. The topological polar surface area (TPSA) is 38.3 Å². The minimum absolute atomic E-state index is 0.690. The second kappa shape index (κ2) is 6.30. The van der Waals surface area contributed by atoms with E-state index in [4.69, 9.17) is 20.8 Å². The molecule has 2 heterocycles. The van der Waals surface area contributed by atoms with Crippen molar-refractivity contribution in [1.29, 1.82) is 0 Å². The van der Waals surface area contributed by atoms with E-state index in [1.165, 1.54) is 0 Å². The Hall–Kier alpha value is -2.72. The maximum atomic E-state index is 6.25. The van der Waals surface area contributed by atoms with Gasteiger partial charge < -0.3 is 14.5 Å². The van der Waals surface area contributed by atoms with Gasteiger partial charge in [0.1, 0.15) is 6.54 Å². The van der Waals surface area contributed by atoms with Crippen LogP contribution in [-0.2, 0) is 6.54 Å². The number of aromatic nitrogens is 1. The zero-order chi connectivity index (χ0) is 17.4. The Morgan fingerprint density at radius 3 is 2.88 bits per heavy atom. The monoisotopic (exact) mass is 353 g/mol. The van der Waals surface area contributed by atoms with E-state index in [2.05, 4.69) is 16.8 Å². The van der Waals surface area contributed by atoms with Crippen LogP contribution in [0.3, 0.4) is 0 Å². The van der Waals surface area contributed by atoms with Crippen LogP contribution < -0.4 is 14.6 Å². The van der Waals surface area contributed by atoms with Crippen LogP contribution in [0.5, 0.6) is 5.75 Å². The molecule has 1 aliphatic rings. The summed E-state index contributed by atoms with van der Waals surface area (Å²) in [4.78, 5) is 0. The smallest absolute Gasteiger partial charge is 0.374 e. The Bertz CT molecular complexity index is 991. The zero-order valence-corrected chi connectivity index (χ0v) is 14.8. The number of nitrogens with zero attached hydrogens (tertiary/aromatic N) is 1. The van der Waals surface area contributed by atoms with Gasteiger partial charge in [0.05, 0.1) is 16.8 Å². The van der Waals surface area contributed by atoms with Gasteiger partial charge in [-0.15, -0.1) is 0 Å². The molecule has 1 N–H and O–H groups in total. The largest absolute Gasteiger partial charge is 0.439 e. The molecule has 0 aliphatic carbocycles. The van der Waals surface area contributed by atoms with Gasteiger partial charge in [-0.1, -0.05) is 23.7 Å². The molecule has 1 aromatic heterocycles. The highest BCUT2D eigenvalue weighted by Gasteiger charge is 2.20. The van der Waals surface area contributed by atoms with Gasteiger partial charge in [-0.25, -0.2) is 0 Å². The molecule has 0 saturated carbocycles. The number of aryl methyl sites for hydroxylation is 2. The summed E-state index contributed by atoms with van der Waals surface area (Å²) in [5.41, 5.74) is 3.80. The standard InChI is InChI=1S/C20H17ClN2O2/c1-3-23-16-12-14(21)13(2)11-18(16)25-20(23)10-6-9-19-22-15-7-4-5-8-17(15)24-19/h4-12H,3H2,1-2H3/p+1. The number of benzene rings is 2. The van der Waals surface area contributed by atoms with E-state index < -0.39 is 0 Å². The minimum atomic E-state index is 0.690. The first kappa shape index (κ1) is 15.8. The summed E-state index contributed by atoms with van der Waals surface area (Å²) in [6.45, 7) is 4.85. The third kappa shape index (κ3) is 2.89. The van der Waals surface area contributed by atoms with Crippen molar-refractivity contribution in [1.82, 2.24) is 0 Å². The summed E-state index contributed by atoms with van der Waals surface area (Å²) in [5.74, 6) is 2.29. The molecule has 1 aliphatic heterocycles. The number of halogens is 1. The van der Waals surface area contributed by atoms with Gasteiger partial charge in [0.2, 0.25) is 5.58 Å². The number of para-hydroxylation sites is 2. The van der Waals surface area contributed by atoms with E-state index in [-0.39, 0.29) is 0 Å². The Balaban J connectivity index is 1.63. The molecule has 4 nitrogen and oxygen atoms in total. The number of oxazole rings is 1. The molecule has 0 spiro atoms. The highest BCUT2D eigenvalue weighted by atomic mass is 35.5. The summed E-state index contributed by atoms with van der Waals surface area (Å²) in [6, 6.07) is 11.8. The molecule has 0 fully saturated rings. The molecule has 5 heteroatoms. The molecule has 126 valence electrons. The van der Waals surface area contributed by atoms with Gasteiger partial charge in [-0.3, -0.25) is 0 Å². The van der Waals surface area contributed by atoms with E-state index in [1.54, 1.807) is 0 Å². The third-order valence-corrected chi connectivity index (χ3v) is 4.59. The van der Waals surface area contributed by atoms with E-state index in [9.17, 15) is 0 Å². The first-order chi connectivity index (χ1) is 12.2. The number of allylic oxidation sites excluding steroid dienone is 2. The highest BCUT2D eigenvalue weighted by Crippen LogP contribution is 2.32. The number of ether oxygens (including phenoxy) is 1. The Labute approximate surface area is 151 Å². The number of anilines is 1. The maximum absolute atomic E-state index is 6.25. The van der Waals surface area contributed by atoms with Crippen LogP contribution in [0.15, 0.2) is 58.9 Å². The predicted molar refractivity (Wildman–Crippen MR) is 99.6 cm³/mol. The molecule has 0 amide bonds. The molecular formula is C20H18ClN2O2+. The Morgan fingerprint density at radius 1 is 1.24 bits per heavy atom. The van der Waals surface area contributed by atoms with Crippen molar-refractivity contribution >= 4 is 34.5 Å². The van der Waals surface area contributed by atoms with Gasteiger partial charge in [-0.05, 0) is 49.8 Å². The lowest BCUT2D eigenvalue weighted by molar-refractivity contribution is -0.674. The number of fused-ring (bicyclic) bond motifs is 2. The number of nitrogens with one attached hydrogen (secondary N) is 1. The molecular weight excluding hydrogens is 336 g/mol. The average Bonchev–Trinajstić information content (AvgIpc) is 3.15. The van der Waals surface area contributed by atoms with Crippen molar-refractivity contribution in [3.05, 3.63) is 70.9 Å². The van der Waals surface area contributed by atoms with Crippen molar-refractivity contribution in [2.75, 3.05) is 5.32 Å². The lowest BCUT2D eigenvalue weighted by Gasteiger charge is -1.95. The SMILES string of the molecule is CC[n+]1c(C=CC=C2Nc3ccccc3O2)oc2cc(C)c(Cl)cc21. The van der Waals surface area contributed by atoms with Gasteiger partial charge in [0, 0.05) is 6.07 Å².